The predicted molar refractivity (Wildman–Crippen MR) is 74.0 cm³/mol. The molecule has 1 aromatic rings. The Hall–Kier alpha value is -0.280. The molecule has 1 atom stereocenters. The van der Waals surface area contributed by atoms with Crippen LogP contribution in [0, 0.1) is 0 Å². The molecule has 0 radical (unpaired) electrons. The first-order valence-electron chi connectivity index (χ1n) is 5.95. The fraction of sp³-hybridized carbons (Fsp3) is 0.538. The summed E-state index contributed by atoms with van der Waals surface area (Å²) in [5.74, 6) is 0. The summed E-state index contributed by atoms with van der Waals surface area (Å²) < 4.78 is 5.58. The third-order valence-electron chi connectivity index (χ3n) is 2.42. The average molecular weight is 276 g/mol. The molecule has 0 fully saturated rings. The third-order valence-corrected chi connectivity index (χ3v) is 3.00. The Bertz CT molecular complexity index is 344. The highest BCUT2D eigenvalue weighted by atomic mass is 35.5. The smallest absolute Gasteiger partial charge is 0.0662 e. The first kappa shape index (κ1) is 14.8. The van der Waals surface area contributed by atoms with Gasteiger partial charge in [-0.2, -0.15) is 0 Å². The zero-order valence-electron chi connectivity index (χ0n) is 10.3. The summed E-state index contributed by atoms with van der Waals surface area (Å²) in [6, 6.07) is 5.61. The molecule has 0 saturated carbocycles. The molecule has 1 aromatic carbocycles. The number of ether oxygens (including phenoxy) is 1. The highest BCUT2D eigenvalue weighted by molar-refractivity contribution is 6.33. The van der Waals surface area contributed by atoms with Gasteiger partial charge in [0.15, 0.2) is 0 Å². The Morgan fingerprint density at radius 3 is 2.71 bits per heavy atom. The number of nitrogens with one attached hydrogen (secondary N) is 1. The summed E-state index contributed by atoms with van der Waals surface area (Å²) in [6.07, 6.45) is 1.02. The minimum Gasteiger partial charge on any atom is -0.379 e. The lowest BCUT2D eigenvalue weighted by molar-refractivity contribution is 0.112. The van der Waals surface area contributed by atoms with Crippen LogP contribution in [0.5, 0.6) is 0 Å². The first-order chi connectivity index (χ1) is 8.19. The van der Waals surface area contributed by atoms with Crippen LogP contribution in [0.3, 0.4) is 0 Å². The molecule has 0 aromatic heterocycles. The fourth-order valence-electron chi connectivity index (χ4n) is 1.63. The summed E-state index contributed by atoms with van der Waals surface area (Å²) in [5.41, 5.74) is 0.997. The normalized spacial score (nSPS) is 12.7. The number of halogens is 2. The van der Waals surface area contributed by atoms with Crippen LogP contribution in [-0.4, -0.2) is 19.8 Å². The van der Waals surface area contributed by atoms with Gasteiger partial charge >= 0.3 is 0 Å². The van der Waals surface area contributed by atoms with Gasteiger partial charge in [-0.05, 0) is 36.7 Å². The second-order valence-electron chi connectivity index (χ2n) is 3.85. The highest BCUT2D eigenvalue weighted by Gasteiger charge is 2.14. The molecule has 1 N–H and O–H groups in total. The van der Waals surface area contributed by atoms with E-state index in [-0.39, 0.29) is 6.04 Å². The van der Waals surface area contributed by atoms with Gasteiger partial charge < -0.3 is 10.1 Å². The molecule has 0 spiro atoms. The van der Waals surface area contributed by atoms with E-state index in [0.717, 1.165) is 30.2 Å². The number of rotatable bonds is 7. The van der Waals surface area contributed by atoms with Crippen molar-refractivity contribution < 1.29 is 4.74 Å². The van der Waals surface area contributed by atoms with Gasteiger partial charge in [0, 0.05) is 16.7 Å². The quantitative estimate of drug-likeness (QED) is 0.758. The van der Waals surface area contributed by atoms with Crippen LogP contribution in [-0.2, 0) is 4.74 Å². The van der Waals surface area contributed by atoms with E-state index in [2.05, 4.69) is 19.2 Å². The number of hydrogen-bond acceptors (Lipinski definition) is 2. The maximum absolute atomic E-state index is 6.19. The van der Waals surface area contributed by atoms with E-state index in [1.807, 2.05) is 12.1 Å². The van der Waals surface area contributed by atoms with Gasteiger partial charge in [-0.3, -0.25) is 0 Å². The molecule has 96 valence electrons. The van der Waals surface area contributed by atoms with Crippen molar-refractivity contribution in [1.82, 2.24) is 5.32 Å². The van der Waals surface area contributed by atoms with E-state index in [1.165, 1.54) is 0 Å². The maximum atomic E-state index is 6.19. The zero-order chi connectivity index (χ0) is 12.7. The fourth-order valence-corrected chi connectivity index (χ4v) is 2.06. The average Bonchev–Trinajstić information content (AvgIpc) is 2.32. The summed E-state index contributed by atoms with van der Waals surface area (Å²) in [4.78, 5) is 0. The van der Waals surface area contributed by atoms with Gasteiger partial charge in [0.25, 0.3) is 0 Å². The van der Waals surface area contributed by atoms with Gasteiger partial charge in [-0.1, -0.05) is 37.0 Å². The zero-order valence-corrected chi connectivity index (χ0v) is 11.8. The van der Waals surface area contributed by atoms with Gasteiger partial charge in [0.2, 0.25) is 0 Å². The Morgan fingerprint density at radius 2 is 2.06 bits per heavy atom. The minimum absolute atomic E-state index is 0.0951. The van der Waals surface area contributed by atoms with Crippen molar-refractivity contribution in [3.63, 3.8) is 0 Å². The summed E-state index contributed by atoms with van der Waals surface area (Å²) in [5, 5.41) is 4.78. The lowest BCUT2D eigenvalue weighted by atomic mass is 10.1. The van der Waals surface area contributed by atoms with Crippen LogP contribution in [0.4, 0.5) is 0 Å². The molecule has 0 aliphatic rings. The summed E-state index contributed by atoms with van der Waals surface area (Å²) >= 11 is 12.2. The SMILES string of the molecule is CCCOCC(NCC)c1cc(Cl)ccc1Cl. The summed E-state index contributed by atoms with van der Waals surface area (Å²) in [6.45, 7) is 6.39. The number of likely N-dealkylation sites (N-methyl/N-ethyl adjacent to an activating group) is 1. The maximum Gasteiger partial charge on any atom is 0.0662 e. The lowest BCUT2D eigenvalue weighted by Gasteiger charge is -2.19. The van der Waals surface area contributed by atoms with E-state index >= 15 is 0 Å². The van der Waals surface area contributed by atoms with Crippen LogP contribution in [0.1, 0.15) is 31.9 Å². The van der Waals surface area contributed by atoms with Crippen LogP contribution in [0.15, 0.2) is 18.2 Å². The molecule has 0 bridgehead atoms. The van der Waals surface area contributed by atoms with Crippen molar-refractivity contribution in [3.8, 4) is 0 Å². The number of benzene rings is 1. The Kier molecular flexibility index (Phi) is 6.90. The van der Waals surface area contributed by atoms with Gasteiger partial charge in [-0.25, -0.2) is 0 Å². The molecule has 1 unspecified atom stereocenters. The first-order valence-corrected chi connectivity index (χ1v) is 6.70. The Morgan fingerprint density at radius 1 is 1.29 bits per heavy atom. The van der Waals surface area contributed by atoms with Crippen LogP contribution < -0.4 is 5.32 Å². The van der Waals surface area contributed by atoms with Crippen LogP contribution >= 0.6 is 23.2 Å². The van der Waals surface area contributed by atoms with E-state index in [9.17, 15) is 0 Å². The summed E-state index contributed by atoms with van der Waals surface area (Å²) in [7, 11) is 0. The molecule has 0 saturated heterocycles. The second kappa shape index (κ2) is 7.93. The molecule has 0 aliphatic heterocycles. The van der Waals surface area contributed by atoms with Gasteiger partial charge in [-0.15, -0.1) is 0 Å². The predicted octanol–water partition coefficient (Wildman–Crippen LogP) is 4.07. The molecule has 2 nitrogen and oxygen atoms in total. The topological polar surface area (TPSA) is 21.3 Å². The van der Waals surface area contributed by atoms with Crippen molar-refractivity contribution >= 4 is 23.2 Å². The van der Waals surface area contributed by atoms with Crippen molar-refractivity contribution in [3.05, 3.63) is 33.8 Å². The van der Waals surface area contributed by atoms with Crippen LogP contribution in [0.25, 0.3) is 0 Å². The van der Waals surface area contributed by atoms with E-state index in [4.69, 9.17) is 27.9 Å². The molecule has 1 rings (SSSR count). The van der Waals surface area contributed by atoms with Gasteiger partial charge in [0.1, 0.15) is 0 Å². The van der Waals surface area contributed by atoms with E-state index in [1.54, 1.807) is 6.07 Å². The molecule has 4 heteroatoms. The highest BCUT2D eigenvalue weighted by Crippen LogP contribution is 2.26. The Balaban J connectivity index is 2.77. The third kappa shape index (κ3) is 4.84. The van der Waals surface area contributed by atoms with E-state index in [0.29, 0.717) is 11.6 Å². The van der Waals surface area contributed by atoms with Crippen molar-refractivity contribution in [2.24, 2.45) is 0 Å². The molecule has 17 heavy (non-hydrogen) atoms. The van der Waals surface area contributed by atoms with Crippen molar-refractivity contribution in [2.75, 3.05) is 19.8 Å². The van der Waals surface area contributed by atoms with E-state index < -0.39 is 0 Å². The lowest BCUT2D eigenvalue weighted by Crippen LogP contribution is -2.25. The van der Waals surface area contributed by atoms with Crippen molar-refractivity contribution in [2.45, 2.75) is 26.3 Å². The second-order valence-corrected chi connectivity index (χ2v) is 4.69. The van der Waals surface area contributed by atoms with Crippen molar-refractivity contribution in [1.29, 1.82) is 0 Å². The van der Waals surface area contributed by atoms with Crippen LogP contribution in [0.2, 0.25) is 10.0 Å². The molecule has 0 aliphatic carbocycles. The number of hydrogen-bond donors (Lipinski definition) is 1. The molecular weight excluding hydrogens is 257 g/mol. The molecule has 0 heterocycles. The minimum atomic E-state index is 0.0951. The molecular formula is C13H19Cl2NO. The standard InChI is InChI=1S/C13H19Cl2NO/c1-3-7-17-9-13(16-4-2)11-8-10(14)5-6-12(11)15/h5-6,8,13,16H,3-4,7,9H2,1-2H3. The molecule has 0 amide bonds. The Labute approximate surface area is 113 Å². The largest absolute Gasteiger partial charge is 0.379 e. The monoisotopic (exact) mass is 275 g/mol. The van der Waals surface area contributed by atoms with Gasteiger partial charge in [0.05, 0.1) is 12.6 Å².